The molecule has 0 bridgehead atoms. The van der Waals surface area contributed by atoms with Gasteiger partial charge in [-0.05, 0) is 24.1 Å². The molecule has 3 rings (SSSR count). The number of fused-ring (bicyclic) bond motifs is 1. The highest BCUT2D eigenvalue weighted by Crippen LogP contribution is 2.35. The molecule has 0 aromatic heterocycles. The van der Waals surface area contributed by atoms with Crippen LogP contribution in [0.1, 0.15) is 5.56 Å². The van der Waals surface area contributed by atoms with Crippen LogP contribution in [0, 0.1) is 5.41 Å². The SMILES string of the molecule is OCC1(CN2CCc3ccc(Br)cc32)COC1. The fourth-order valence-electron chi connectivity index (χ4n) is 2.61. The fraction of sp³-hybridized carbons (Fsp3) is 0.538. The van der Waals surface area contributed by atoms with Crippen LogP contribution in [0.4, 0.5) is 5.69 Å². The van der Waals surface area contributed by atoms with Crippen LogP contribution in [-0.4, -0.2) is 38.0 Å². The van der Waals surface area contributed by atoms with E-state index in [9.17, 15) is 5.11 Å². The van der Waals surface area contributed by atoms with Gasteiger partial charge in [-0.2, -0.15) is 0 Å². The minimum atomic E-state index is -0.0378. The molecule has 0 amide bonds. The highest BCUT2D eigenvalue weighted by molar-refractivity contribution is 9.10. The Hall–Kier alpha value is -0.580. The average molecular weight is 298 g/mol. The van der Waals surface area contributed by atoms with E-state index in [0.717, 1.165) is 24.0 Å². The van der Waals surface area contributed by atoms with Gasteiger partial charge in [-0.25, -0.2) is 0 Å². The molecule has 0 saturated carbocycles. The van der Waals surface area contributed by atoms with Gasteiger partial charge in [0.2, 0.25) is 0 Å². The van der Waals surface area contributed by atoms with Gasteiger partial charge in [0.05, 0.1) is 25.2 Å². The van der Waals surface area contributed by atoms with Crippen molar-refractivity contribution >= 4 is 21.6 Å². The lowest BCUT2D eigenvalue weighted by Crippen LogP contribution is -2.53. The van der Waals surface area contributed by atoms with E-state index >= 15 is 0 Å². The van der Waals surface area contributed by atoms with Gasteiger partial charge in [-0.15, -0.1) is 0 Å². The van der Waals surface area contributed by atoms with Crippen LogP contribution < -0.4 is 4.90 Å². The summed E-state index contributed by atoms with van der Waals surface area (Å²) >= 11 is 3.52. The summed E-state index contributed by atoms with van der Waals surface area (Å²) in [6.45, 7) is 3.53. The Morgan fingerprint density at radius 3 is 2.88 bits per heavy atom. The number of ether oxygens (including phenoxy) is 1. The summed E-state index contributed by atoms with van der Waals surface area (Å²) in [4.78, 5) is 2.37. The van der Waals surface area contributed by atoms with Gasteiger partial charge < -0.3 is 14.7 Å². The zero-order valence-electron chi connectivity index (χ0n) is 9.66. The van der Waals surface area contributed by atoms with Gasteiger partial charge in [0.25, 0.3) is 0 Å². The molecule has 0 atom stereocenters. The summed E-state index contributed by atoms with van der Waals surface area (Å²) in [7, 11) is 0. The van der Waals surface area contributed by atoms with E-state index in [1.807, 2.05) is 0 Å². The second kappa shape index (κ2) is 4.26. The first-order valence-electron chi connectivity index (χ1n) is 5.94. The van der Waals surface area contributed by atoms with Gasteiger partial charge in [-0.1, -0.05) is 22.0 Å². The van der Waals surface area contributed by atoms with E-state index in [1.54, 1.807) is 0 Å². The lowest BCUT2D eigenvalue weighted by molar-refractivity contribution is -0.130. The summed E-state index contributed by atoms with van der Waals surface area (Å²) in [6.07, 6.45) is 1.10. The molecule has 3 nitrogen and oxygen atoms in total. The van der Waals surface area contributed by atoms with Gasteiger partial charge in [-0.3, -0.25) is 0 Å². The maximum absolute atomic E-state index is 9.48. The van der Waals surface area contributed by atoms with Crippen LogP contribution in [0.25, 0.3) is 0 Å². The van der Waals surface area contributed by atoms with Gasteiger partial charge in [0, 0.05) is 23.2 Å². The first-order valence-corrected chi connectivity index (χ1v) is 6.74. The Morgan fingerprint density at radius 1 is 1.41 bits per heavy atom. The van der Waals surface area contributed by atoms with Crippen molar-refractivity contribution in [3.05, 3.63) is 28.2 Å². The number of nitrogens with zero attached hydrogens (tertiary/aromatic N) is 1. The van der Waals surface area contributed by atoms with Gasteiger partial charge in [0.15, 0.2) is 0 Å². The van der Waals surface area contributed by atoms with Crippen molar-refractivity contribution in [2.75, 3.05) is 37.8 Å². The molecule has 4 heteroatoms. The topological polar surface area (TPSA) is 32.7 Å². The maximum atomic E-state index is 9.48. The summed E-state index contributed by atoms with van der Waals surface area (Å²) in [5.41, 5.74) is 2.67. The molecule has 1 aromatic rings. The third-order valence-corrected chi connectivity index (χ3v) is 4.21. The van der Waals surface area contributed by atoms with Crippen LogP contribution in [0.15, 0.2) is 22.7 Å². The fourth-order valence-corrected chi connectivity index (χ4v) is 2.96. The molecule has 2 aliphatic heterocycles. The molecule has 0 unspecified atom stereocenters. The molecule has 1 aromatic carbocycles. The van der Waals surface area contributed by atoms with Crippen LogP contribution >= 0.6 is 15.9 Å². The zero-order chi connectivity index (χ0) is 11.9. The highest BCUT2D eigenvalue weighted by Gasteiger charge is 2.40. The van der Waals surface area contributed by atoms with E-state index < -0.39 is 0 Å². The largest absolute Gasteiger partial charge is 0.396 e. The van der Waals surface area contributed by atoms with Crippen molar-refractivity contribution in [3.8, 4) is 0 Å². The van der Waals surface area contributed by atoms with Gasteiger partial charge in [0.1, 0.15) is 0 Å². The molecule has 2 heterocycles. The third-order valence-electron chi connectivity index (χ3n) is 3.72. The van der Waals surface area contributed by atoms with Gasteiger partial charge >= 0.3 is 0 Å². The molecule has 1 N–H and O–H groups in total. The second-order valence-corrected chi connectivity index (χ2v) is 6.01. The molecule has 17 heavy (non-hydrogen) atoms. The van der Waals surface area contributed by atoms with Crippen LogP contribution in [-0.2, 0) is 11.2 Å². The molecule has 2 aliphatic rings. The molecule has 0 radical (unpaired) electrons. The smallest absolute Gasteiger partial charge is 0.0584 e. The number of hydrogen-bond donors (Lipinski definition) is 1. The van der Waals surface area contributed by atoms with Crippen LogP contribution in [0.3, 0.4) is 0 Å². The predicted octanol–water partition coefficient (Wildman–Crippen LogP) is 1.82. The van der Waals surface area contributed by atoms with Crippen LogP contribution in [0.2, 0.25) is 0 Å². The molecule has 1 saturated heterocycles. The minimum absolute atomic E-state index is 0.0378. The van der Waals surface area contributed by atoms with Crippen molar-refractivity contribution in [2.45, 2.75) is 6.42 Å². The maximum Gasteiger partial charge on any atom is 0.0584 e. The second-order valence-electron chi connectivity index (χ2n) is 5.10. The lowest BCUT2D eigenvalue weighted by Gasteiger charge is -2.43. The van der Waals surface area contributed by atoms with E-state index in [2.05, 4.69) is 39.0 Å². The number of benzene rings is 1. The quantitative estimate of drug-likeness (QED) is 0.924. The minimum Gasteiger partial charge on any atom is -0.396 e. The summed E-state index contributed by atoms with van der Waals surface area (Å²) < 4.78 is 6.37. The highest BCUT2D eigenvalue weighted by atomic mass is 79.9. The van der Waals surface area contributed by atoms with Crippen molar-refractivity contribution in [1.82, 2.24) is 0 Å². The number of rotatable bonds is 3. The van der Waals surface area contributed by atoms with E-state index in [-0.39, 0.29) is 12.0 Å². The lowest BCUT2D eigenvalue weighted by atomic mass is 9.86. The Kier molecular flexibility index (Phi) is 2.89. The Labute approximate surface area is 110 Å². The van der Waals surface area contributed by atoms with E-state index in [4.69, 9.17) is 4.74 Å². The Morgan fingerprint density at radius 2 is 2.24 bits per heavy atom. The molecular weight excluding hydrogens is 282 g/mol. The number of aliphatic hydroxyl groups excluding tert-OH is 1. The third kappa shape index (κ3) is 1.98. The molecule has 0 aliphatic carbocycles. The normalized spacial score (nSPS) is 21.2. The van der Waals surface area contributed by atoms with Crippen molar-refractivity contribution in [3.63, 3.8) is 0 Å². The monoisotopic (exact) mass is 297 g/mol. The molecule has 0 spiro atoms. The van der Waals surface area contributed by atoms with Crippen molar-refractivity contribution in [1.29, 1.82) is 0 Å². The molecular formula is C13H16BrNO2. The number of hydrogen-bond acceptors (Lipinski definition) is 3. The van der Waals surface area contributed by atoms with Crippen molar-refractivity contribution in [2.24, 2.45) is 5.41 Å². The average Bonchev–Trinajstić information content (AvgIpc) is 2.66. The molecule has 1 fully saturated rings. The first kappa shape index (κ1) is 11.5. The molecule has 92 valence electrons. The first-order chi connectivity index (χ1) is 8.22. The zero-order valence-corrected chi connectivity index (χ0v) is 11.2. The Balaban J connectivity index is 1.81. The van der Waals surface area contributed by atoms with E-state index in [1.165, 1.54) is 11.3 Å². The van der Waals surface area contributed by atoms with E-state index in [0.29, 0.717) is 13.2 Å². The summed E-state index contributed by atoms with van der Waals surface area (Å²) in [6, 6.07) is 6.45. The number of anilines is 1. The number of halogens is 1. The Bertz CT molecular complexity index is 426. The van der Waals surface area contributed by atoms with Crippen LogP contribution in [0.5, 0.6) is 0 Å². The standard InChI is InChI=1S/C13H16BrNO2/c14-11-2-1-10-3-4-15(12(10)5-11)6-13(7-16)8-17-9-13/h1-2,5,16H,3-4,6-9H2. The van der Waals surface area contributed by atoms with Crippen molar-refractivity contribution < 1.29 is 9.84 Å². The summed E-state index contributed by atoms with van der Waals surface area (Å²) in [5, 5.41) is 9.48. The summed E-state index contributed by atoms with van der Waals surface area (Å²) in [5.74, 6) is 0. The number of aliphatic hydroxyl groups is 1. The predicted molar refractivity (Wildman–Crippen MR) is 70.4 cm³/mol.